The number of aromatic nitrogens is 4. The molecule has 0 bridgehead atoms. The predicted octanol–water partition coefficient (Wildman–Crippen LogP) is 0.671. The Hall–Kier alpha value is -1.98. The first-order valence-corrected chi connectivity index (χ1v) is 4.20. The van der Waals surface area contributed by atoms with E-state index in [0.717, 1.165) is 0 Å². The molecule has 0 fully saturated rings. The third-order valence-electron chi connectivity index (χ3n) is 1.71. The third-order valence-corrected chi connectivity index (χ3v) is 1.71. The number of aryl methyl sites for hydroxylation is 1. The number of nitrogens with zero attached hydrogens (tertiary/aromatic N) is 4. The van der Waals surface area contributed by atoms with Crippen LogP contribution in [-0.4, -0.2) is 20.1 Å². The van der Waals surface area contributed by atoms with Crippen molar-refractivity contribution >= 4 is 5.82 Å². The molecule has 0 spiro atoms. The number of rotatable bonds is 2. The van der Waals surface area contributed by atoms with Crippen LogP contribution in [0.4, 0.5) is 5.82 Å². The molecule has 2 heterocycles. The standard InChI is InChI=1S/C8H9N5O/c1-2-5-12-8(14-13-5)6-7(9)11-4-3-10-6/h3-4H,2H2,1H3,(H2,9,11). The van der Waals surface area contributed by atoms with Gasteiger partial charge >= 0.3 is 0 Å². The maximum absolute atomic E-state index is 5.60. The van der Waals surface area contributed by atoms with Gasteiger partial charge in [-0.05, 0) is 0 Å². The molecule has 2 rings (SSSR count). The maximum Gasteiger partial charge on any atom is 0.280 e. The van der Waals surface area contributed by atoms with Crippen molar-refractivity contribution in [2.75, 3.05) is 5.73 Å². The summed E-state index contributed by atoms with van der Waals surface area (Å²) < 4.78 is 4.98. The van der Waals surface area contributed by atoms with Gasteiger partial charge in [0.05, 0.1) is 0 Å². The highest BCUT2D eigenvalue weighted by atomic mass is 16.5. The first-order chi connectivity index (χ1) is 6.81. The van der Waals surface area contributed by atoms with E-state index in [2.05, 4.69) is 20.1 Å². The Morgan fingerprint density at radius 1 is 1.36 bits per heavy atom. The van der Waals surface area contributed by atoms with E-state index >= 15 is 0 Å². The van der Waals surface area contributed by atoms with Gasteiger partial charge in [-0.1, -0.05) is 12.1 Å². The van der Waals surface area contributed by atoms with Crippen molar-refractivity contribution in [3.8, 4) is 11.6 Å². The van der Waals surface area contributed by atoms with E-state index in [0.29, 0.717) is 29.6 Å². The summed E-state index contributed by atoms with van der Waals surface area (Å²) in [6, 6.07) is 0. The first-order valence-electron chi connectivity index (χ1n) is 4.20. The van der Waals surface area contributed by atoms with E-state index < -0.39 is 0 Å². The molecule has 0 radical (unpaired) electrons. The van der Waals surface area contributed by atoms with Gasteiger partial charge in [-0.2, -0.15) is 4.98 Å². The molecule has 0 aromatic carbocycles. The van der Waals surface area contributed by atoms with Crippen molar-refractivity contribution in [3.05, 3.63) is 18.2 Å². The van der Waals surface area contributed by atoms with Gasteiger partial charge in [0.1, 0.15) is 0 Å². The van der Waals surface area contributed by atoms with Crippen molar-refractivity contribution in [2.24, 2.45) is 0 Å². The minimum absolute atomic E-state index is 0.291. The average molecular weight is 191 g/mol. The second kappa shape index (κ2) is 3.41. The van der Waals surface area contributed by atoms with E-state index in [4.69, 9.17) is 10.3 Å². The Kier molecular flexibility index (Phi) is 2.10. The van der Waals surface area contributed by atoms with Crippen LogP contribution in [0.15, 0.2) is 16.9 Å². The van der Waals surface area contributed by atoms with Crippen LogP contribution in [0.1, 0.15) is 12.7 Å². The summed E-state index contributed by atoms with van der Waals surface area (Å²) in [5.41, 5.74) is 6.03. The predicted molar refractivity (Wildman–Crippen MR) is 49.1 cm³/mol. The highest BCUT2D eigenvalue weighted by Crippen LogP contribution is 2.18. The van der Waals surface area contributed by atoms with Crippen LogP contribution in [0.25, 0.3) is 11.6 Å². The Labute approximate surface area is 80.2 Å². The monoisotopic (exact) mass is 191 g/mol. The van der Waals surface area contributed by atoms with Crippen LogP contribution in [-0.2, 0) is 6.42 Å². The first kappa shape index (κ1) is 8.61. The van der Waals surface area contributed by atoms with Gasteiger partial charge in [-0.3, -0.25) is 0 Å². The number of nitrogen functional groups attached to an aromatic ring is 1. The highest BCUT2D eigenvalue weighted by Gasteiger charge is 2.12. The minimum Gasteiger partial charge on any atom is -0.382 e. The van der Waals surface area contributed by atoms with Crippen molar-refractivity contribution in [1.29, 1.82) is 0 Å². The van der Waals surface area contributed by atoms with Crippen molar-refractivity contribution in [3.63, 3.8) is 0 Å². The molecule has 2 aromatic rings. The summed E-state index contributed by atoms with van der Waals surface area (Å²) in [4.78, 5) is 12.0. The lowest BCUT2D eigenvalue weighted by molar-refractivity contribution is 0.422. The number of anilines is 1. The second-order valence-corrected chi connectivity index (χ2v) is 2.66. The molecule has 0 aliphatic heterocycles. The molecule has 6 heteroatoms. The molecule has 2 N–H and O–H groups in total. The quantitative estimate of drug-likeness (QED) is 0.750. The van der Waals surface area contributed by atoms with E-state index in [1.807, 2.05) is 6.92 Å². The Morgan fingerprint density at radius 2 is 2.14 bits per heavy atom. The fourth-order valence-electron chi connectivity index (χ4n) is 1.01. The molecular formula is C8H9N5O. The smallest absolute Gasteiger partial charge is 0.280 e. The molecule has 0 aliphatic carbocycles. The zero-order valence-corrected chi connectivity index (χ0v) is 7.64. The molecule has 0 saturated heterocycles. The van der Waals surface area contributed by atoms with Gasteiger partial charge in [0.15, 0.2) is 17.3 Å². The molecule has 14 heavy (non-hydrogen) atoms. The van der Waals surface area contributed by atoms with Gasteiger partial charge in [-0.15, -0.1) is 0 Å². The lowest BCUT2D eigenvalue weighted by atomic mass is 10.4. The molecular weight excluding hydrogens is 182 g/mol. The van der Waals surface area contributed by atoms with Gasteiger partial charge < -0.3 is 10.3 Å². The molecule has 0 aliphatic rings. The number of hydrogen-bond acceptors (Lipinski definition) is 6. The van der Waals surface area contributed by atoms with E-state index in [-0.39, 0.29) is 0 Å². The lowest BCUT2D eigenvalue weighted by Crippen LogP contribution is -1.96. The molecule has 2 aromatic heterocycles. The molecule has 72 valence electrons. The van der Waals surface area contributed by atoms with E-state index in [1.165, 1.54) is 12.4 Å². The third kappa shape index (κ3) is 1.41. The van der Waals surface area contributed by atoms with Gasteiger partial charge in [0.2, 0.25) is 0 Å². The summed E-state index contributed by atoms with van der Waals surface area (Å²) in [5, 5.41) is 3.74. The summed E-state index contributed by atoms with van der Waals surface area (Å²) >= 11 is 0. The Morgan fingerprint density at radius 3 is 2.79 bits per heavy atom. The molecule has 6 nitrogen and oxygen atoms in total. The van der Waals surface area contributed by atoms with Crippen LogP contribution in [0.5, 0.6) is 0 Å². The number of nitrogens with two attached hydrogens (primary N) is 1. The molecule has 0 unspecified atom stereocenters. The van der Waals surface area contributed by atoms with Crippen LogP contribution in [0.2, 0.25) is 0 Å². The maximum atomic E-state index is 5.60. The summed E-state index contributed by atoms with van der Waals surface area (Å²) in [7, 11) is 0. The van der Waals surface area contributed by atoms with Crippen LogP contribution >= 0.6 is 0 Å². The van der Waals surface area contributed by atoms with E-state index in [9.17, 15) is 0 Å². The van der Waals surface area contributed by atoms with Crippen LogP contribution in [0, 0.1) is 0 Å². The van der Waals surface area contributed by atoms with Crippen molar-refractivity contribution in [2.45, 2.75) is 13.3 Å². The van der Waals surface area contributed by atoms with Gasteiger partial charge in [0.25, 0.3) is 5.89 Å². The zero-order valence-electron chi connectivity index (χ0n) is 7.64. The summed E-state index contributed by atoms with van der Waals surface area (Å²) in [5.74, 6) is 1.23. The van der Waals surface area contributed by atoms with Gasteiger partial charge in [-0.25, -0.2) is 9.97 Å². The molecule has 0 amide bonds. The summed E-state index contributed by atoms with van der Waals surface area (Å²) in [6.07, 6.45) is 3.75. The second-order valence-electron chi connectivity index (χ2n) is 2.66. The molecule has 0 atom stereocenters. The largest absolute Gasteiger partial charge is 0.382 e. The Bertz CT molecular complexity index is 439. The van der Waals surface area contributed by atoms with E-state index in [1.54, 1.807) is 0 Å². The Balaban J connectivity index is 2.44. The van der Waals surface area contributed by atoms with Crippen molar-refractivity contribution < 1.29 is 4.52 Å². The highest BCUT2D eigenvalue weighted by molar-refractivity contribution is 5.61. The SMILES string of the molecule is CCc1noc(-c2nccnc2N)n1. The minimum atomic E-state index is 0.291. The molecule has 0 saturated carbocycles. The normalized spacial score (nSPS) is 10.4. The lowest BCUT2D eigenvalue weighted by Gasteiger charge is -1.95. The van der Waals surface area contributed by atoms with Crippen LogP contribution < -0.4 is 5.73 Å². The average Bonchev–Trinajstić information content (AvgIpc) is 2.67. The fourth-order valence-corrected chi connectivity index (χ4v) is 1.01. The van der Waals surface area contributed by atoms with Crippen molar-refractivity contribution in [1.82, 2.24) is 20.1 Å². The summed E-state index contributed by atoms with van der Waals surface area (Å²) in [6.45, 7) is 1.94. The fraction of sp³-hybridized carbons (Fsp3) is 0.250. The topological polar surface area (TPSA) is 90.7 Å². The zero-order chi connectivity index (χ0) is 9.97. The van der Waals surface area contributed by atoms with Gasteiger partial charge in [0, 0.05) is 18.8 Å². The van der Waals surface area contributed by atoms with Crippen LogP contribution in [0.3, 0.4) is 0 Å². The number of hydrogen-bond donors (Lipinski definition) is 1.